The highest BCUT2D eigenvalue weighted by atomic mass is 32.2. The van der Waals surface area contributed by atoms with Crippen LogP contribution in [0.3, 0.4) is 0 Å². The molecular weight excluding hydrogens is 286 g/mol. The second-order valence-electron chi connectivity index (χ2n) is 5.40. The van der Waals surface area contributed by atoms with Crippen molar-refractivity contribution < 1.29 is 14.7 Å². The zero-order chi connectivity index (χ0) is 15.1. The normalized spacial score (nSPS) is 21.1. The lowest BCUT2D eigenvalue weighted by molar-refractivity contribution is -0.141. The van der Waals surface area contributed by atoms with Crippen molar-refractivity contribution >= 4 is 23.6 Å². The summed E-state index contributed by atoms with van der Waals surface area (Å²) in [5.41, 5.74) is 1.28. The van der Waals surface area contributed by atoms with E-state index in [0.717, 1.165) is 18.6 Å². The number of rotatable bonds is 7. The van der Waals surface area contributed by atoms with Crippen LogP contribution in [0.25, 0.3) is 0 Å². The lowest BCUT2D eigenvalue weighted by Crippen LogP contribution is -2.34. The average Bonchev–Trinajstić information content (AvgIpc) is 2.93. The Kier molecular flexibility index (Phi) is 6.11. The predicted octanol–water partition coefficient (Wildman–Crippen LogP) is 2.33. The molecule has 1 saturated carbocycles. The first-order chi connectivity index (χ1) is 10.1. The van der Waals surface area contributed by atoms with Gasteiger partial charge in [-0.3, -0.25) is 9.59 Å². The van der Waals surface area contributed by atoms with Crippen LogP contribution < -0.4 is 5.32 Å². The van der Waals surface area contributed by atoms with Gasteiger partial charge in [-0.1, -0.05) is 30.3 Å². The van der Waals surface area contributed by atoms with E-state index in [1.165, 1.54) is 5.56 Å². The highest BCUT2D eigenvalue weighted by molar-refractivity contribution is 7.99. The van der Waals surface area contributed by atoms with Gasteiger partial charge in [0.2, 0.25) is 5.91 Å². The first-order valence-electron chi connectivity index (χ1n) is 7.29. The molecule has 4 nitrogen and oxygen atoms in total. The second kappa shape index (κ2) is 8.08. The van der Waals surface area contributed by atoms with Crippen LogP contribution in [0.2, 0.25) is 0 Å². The monoisotopic (exact) mass is 307 g/mol. The summed E-state index contributed by atoms with van der Waals surface area (Å²) in [4.78, 5) is 22.7. The molecule has 0 bridgehead atoms. The minimum Gasteiger partial charge on any atom is -0.481 e. The Morgan fingerprint density at radius 2 is 2.00 bits per heavy atom. The number of carbonyl (C=O) groups is 2. The number of aryl methyl sites for hydroxylation is 1. The molecule has 1 fully saturated rings. The van der Waals surface area contributed by atoms with Crippen molar-refractivity contribution in [1.29, 1.82) is 0 Å². The Labute approximate surface area is 129 Å². The van der Waals surface area contributed by atoms with E-state index >= 15 is 0 Å². The third-order valence-corrected chi connectivity index (χ3v) is 4.72. The molecule has 0 unspecified atom stereocenters. The molecule has 1 aliphatic carbocycles. The van der Waals surface area contributed by atoms with Crippen LogP contribution in [-0.2, 0) is 16.0 Å². The highest BCUT2D eigenvalue weighted by Crippen LogP contribution is 2.25. The molecule has 1 amide bonds. The summed E-state index contributed by atoms with van der Waals surface area (Å²) in [6.07, 6.45) is 2.97. The van der Waals surface area contributed by atoms with Crippen molar-refractivity contribution in [3.05, 3.63) is 35.9 Å². The topological polar surface area (TPSA) is 66.4 Å². The van der Waals surface area contributed by atoms with Gasteiger partial charge >= 0.3 is 5.97 Å². The molecule has 2 rings (SSSR count). The molecule has 1 aliphatic rings. The molecule has 21 heavy (non-hydrogen) atoms. The van der Waals surface area contributed by atoms with E-state index in [-0.39, 0.29) is 17.9 Å². The maximum Gasteiger partial charge on any atom is 0.306 e. The summed E-state index contributed by atoms with van der Waals surface area (Å²) >= 11 is 1.62. The standard InChI is InChI=1S/C16H21NO3S/c18-15(17-14-7-6-13(10-14)16(19)20)11-21-9-8-12-4-2-1-3-5-12/h1-5,13-14H,6-11H2,(H,17,18)(H,19,20)/t13-,14+/m1/s1. The number of thioether (sulfide) groups is 1. The van der Waals surface area contributed by atoms with Crippen LogP contribution in [0.1, 0.15) is 24.8 Å². The minimum absolute atomic E-state index is 0.0177. The maximum absolute atomic E-state index is 11.8. The predicted molar refractivity (Wildman–Crippen MR) is 84.4 cm³/mol. The number of carboxylic acid groups (broad SMARTS) is 1. The highest BCUT2D eigenvalue weighted by Gasteiger charge is 2.30. The first kappa shape index (κ1) is 15.9. The fraction of sp³-hybridized carbons (Fsp3) is 0.500. The zero-order valence-electron chi connectivity index (χ0n) is 12.0. The van der Waals surface area contributed by atoms with E-state index in [2.05, 4.69) is 17.4 Å². The molecule has 0 aliphatic heterocycles. The van der Waals surface area contributed by atoms with Crippen LogP contribution in [0.4, 0.5) is 0 Å². The van der Waals surface area contributed by atoms with Gasteiger partial charge in [-0.05, 0) is 37.0 Å². The Bertz CT molecular complexity index is 478. The van der Waals surface area contributed by atoms with Gasteiger partial charge in [0.05, 0.1) is 11.7 Å². The quantitative estimate of drug-likeness (QED) is 0.759. The van der Waals surface area contributed by atoms with E-state index in [1.807, 2.05) is 18.2 Å². The smallest absolute Gasteiger partial charge is 0.306 e. The Morgan fingerprint density at radius 1 is 1.24 bits per heavy atom. The summed E-state index contributed by atoms with van der Waals surface area (Å²) in [7, 11) is 0. The molecule has 5 heteroatoms. The molecule has 1 aromatic carbocycles. The molecule has 2 N–H and O–H groups in total. The van der Waals surface area contributed by atoms with E-state index in [0.29, 0.717) is 18.6 Å². The number of amides is 1. The number of carboxylic acids is 1. The summed E-state index contributed by atoms with van der Waals surface area (Å²) in [6.45, 7) is 0. The molecule has 0 heterocycles. The molecule has 0 spiro atoms. The third-order valence-electron chi connectivity index (χ3n) is 3.76. The van der Waals surface area contributed by atoms with Gasteiger partial charge in [-0.2, -0.15) is 11.8 Å². The lowest BCUT2D eigenvalue weighted by Gasteiger charge is -2.12. The van der Waals surface area contributed by atoms with Gasteiger partial charge in [0, 0.05) is 6.04 Å². The van der Waals surface area contributed by atoms with Crippen molar-refractivity contribution in [2.24, 2.45) is 5.92 Å². The molecule has 1 aromatic rings. The Hall–Kier alpha value is -1.49. The van der Waals surface area contributed by atoms with Crippen molar-refractivity contribution in [3.63, 3.8) is 0 Å². The van der Waals surface area contributed by atoms with Gasteiger partial charge in [-0.15, -0.1) is 0 Å². The van der Waals surface area contributed by atoms with Crippen molar-refractivity contribution in [3.8, 4) is 0 Å². The number of nitrogens with one attached hydrogen (secondary N) is 1. The third kappa shape index (κ3) is 5.42. The molecule has 0 saturated heterocycles. The van der Waals surface area contributed by atoms with Crippen LogP contribution in [0.15, 0.2) is 30.3 Å². The fourth-order valence-electron chi connectivity index (χ4n) is 2.61. The molecular formula is C16H21NO3S. The lowest BCUT2D eigenvalue weighted by atomic mass is 10.1. The maximum atomic E-state index is 11.8. The summed E-state index contributed by atoms with van der Waals surface area (Å²) < 4.78 is 0. The van der Waals surface area contributed by atoms with E-state index < -0.39 is 5.97 Å². The van der Waals surface area contributed by atoms with Crippen LogP contribution in [0.5, 0.6) is 0 Å². The SMILES string of the molecule is O=C(CSCCc1ccccc1)N[C@H]1CC[C@@H](C(=O)O)C1. The van der Waals surface area contributed by atoms with Crippen LogP contribution >= 0.6 is 11.8 Å². The second-order valence-corrected chi connectivity index (χ2v) is 6.51. The van der Waals surface area contributed by atoms with Crippen molar-refractivity contribution in [2.75, 3.05) is 11.5 Å². The zero-order valence-corrected chi connectivity index (χ0v) is 12.8. The van der Waals surface area contributed by atoms with Gasteiger partial charge in [-0.25, -0.2) is 0 Å². The average molecular weight is 307 g/mol. The first-order valence-corrected chi connectivity index (χ1v) is 8.44. The van der Waals surface area contributed by atoms with Gasteiger partial charge in [0.15, 0.2) is 0 Å². The molecule has 0 aromatic heterocycles. The minimum atomic E-state index is -0.746. The van der Waals surface area contributed by atoms with E-state index in [4.69, 9.17) is 5.11 Å². The van der Waals surface area contributed by atoms with Crippen molar-refractivity contribution in [2.45, 2.75) is 31.7 Å². The fourth-order valence-corrected chi connectivity index (χ4v) is 3.40. The molecule has 114 valence electrons. The molecule has 0 radical (unpaired) electrons. The number of aliphatic carboxylic acids is 1. The number of carbonyl (C=O) groups excluding carboxylic acids is 1. The van der Waals surface area contributed by atoms with E-state index in [9.17, 15) is 9.59 Å². The van der Waals surface area contributed by atoms with Crippen LogP contribution in [-0.4, -0.2) is 34.5 Å². The Balaban J connectivity index is 1.59. The van der Waals surface area contributed by atoms with Crippen molar-refractivity contribution in [1.82, 2.24) is 5.32 Å². The van der Waals surface area contributed by atoms with Gasteiger partial charge in [0.25, 0.3) is 0 Å². The molecule has 2 atom stereocenters. The van der Waals surface area contributed by atoms with Gasteiger partial charge in [0.1, 0.15) is 0 Å². The summed E-state index contributed by atoms with van der Waals surface area (Å²) in [5, 5.41) is 11.9. The summed E-state index contributed by atoms with van der Waals surface area (Å²) in [5.74, 6) is 0.343. The van der Waals surface area contributed by atoms with Gasteiger partial charge < -0.3 is 10.4 Å². The number of hydrogen-bond donors (Lipinski definition) is 2. The Morgan fingerprint density at radius 3 is 2.67 bits per heavy atom. The number of benzene rings is 1. The van der Waals surface area contributed by atoms with Crippen LogP contribution in [0, 0.1) is 5.92 Å². The largest absolute Gasteiger partial charge is 0.481 e. The van der Waals surface area contributed by atoms with E-state index in [1.54, 1.807) is 11.8 Å². The summed E-state index contributed by atoms with van der Waals surface area (Å²) in [6, 6.07) is 10.2. The number of hydrogen-bond acceptors (Lipinski definition) is 3.